The molecule has 1 aromatic heterocycles. The molecule has 0 radical (unpaired) electrons. The predicted octanol–water partition coefficient (Wildman–Crippen LogP) is 5.06. The van der Waals surface area contributed by atoms with Gasteiger partial charge in [-0.05, 0) is 60.7 Å². The van der Waals surface area contributed by atoms with Crippen LogP contribution in [0.5, 0.6) is 5.75 Å². The van der Waals surface area contributed by atoms with Crippen LogP contribution >= 0.6 is 0 Å². The number of anilines is 1. The molecule has 2 aliphatic rings. The number of aromatic nitrogens is 1. The fourth-order valence-electron chi connectivity index (χ4n) is 5.91. The van der Waals surface area contributed by atoms with Crippen molar-refractivity contribution in [3.63, 3.8) is 0 Å². The minimum Gasteiger partial charge on any atom is -0.484 e. The highest BCUT2D eigenvalue weighted by molar-refractivity contribution is 5.94. The Morgan fingerprint density at radius 3 is 2.44 bits per heavy atom. The molecule has 0 saturated carbocycles. The van der Waals surface area contributed by atoms with Crippen molar-refractivity contribution in [3.8, 4) is 5.75 Å². The Balaban J connectivity index is 1.48. The van der Waals surface area contributed by atoms with Crippen molar-refractivity contribution in [2.24, 2.45) is 0 Å². The predicted molar refractivity (Wildman–Crippen MR) is 152 cm³/mol. The van der Waals surface area contributed by atoms with Crippen molar-refractivity contribution < 1.29 is 14.3 Å². The second-order valence-corrected chi connectivity index (χ2v) is 10.5. The maximum Gasteiger partial charge on any atom is 0.260 e. The summed E-state index contributed by atoms with van der Waals surface area (Å²) >= 11 is 0. The molecule has 2 unspecified atom stereocenters. The summed E-state index contributed by atoms with van der Waals surface area (Å²) in [6.45, 7) is 4.41. The fraction of sp³-hybridized carbons (Fsp3) is 0.406. The number of piperidine rings is 1. The van der Waals surface area contributed by atoms with Gasteiger partial charge in [-0.1, -0.05) is 49.7 Å². The van der Waals surface area contributed by atoms with E-state index in [-0.39, 0.29) is 24.5 Å². The van der Waals surface area contributed by atoms with Crippen molar-refractivity contribution >= 4 is 17.5 Å². The molecule has 0 spiro atoms. The van der Waals surface area contributed by atoms with Crippen LogP contribution in [0.25, 0.3) is 0 Å². The van der Waals surface area contributed by atoms with E-state index < -0.39 is 0 Å². The van der Waals surface area contributed by atoms with E-state index >= 15 is 0 Å². The SMILES string of the molecule is CCC(=O)N1CCC2CCCC(CN(C(=O)COc3ccccc3)Cc3ccccc31)N2Cc1ccncc1. The van der Waals surface area contributed by atoms with Gasteiger partial charge in [0.05, 0.1) is 0 Å². The summed E-state index contributed by atoms with van der Waals surface area (Å²) in [4.78, 5) is 37.6. The number of benzene rings is 2. The summed E-state index contributed by atoms with van der Waals surface area (Å²) in [5.41, 5.74) is 3.11. The number of hydrogen-bond donors (Lipinski definition) is 0. The molecule has 7 heteroatoms. The van der Waals surface area contributed by atoms with Gasteiger partial charge in [0.25, 0.3) is 5.91 Å². The Morgan fingerprint density at radius 1 is 0.897 bits per heavy atom. The summed E-state index contributed by atoms with van der Waals surface area (Å²) in [5.74, 6) is 0.744. The number of carbonyl (C=O) groups is 2. The van der Waals surface area contributed by atoms with Crippen molar-refractivity contribution in [2.45, 2.75) is 64.2 Å². The summed E-state index contributed by atoms with van der Waals surface area (Å²) in [5, 5.41) is 0. The van der Waals surface area contributed by atoms with Gasteiger partial charge in [0, 0.05) is 62.8 Å². The molecule has 2 bridgehead atoms. The molecule has 3 aromatic rings. The highest BCUT2D eigenvalue weighted by Crippen LogP contribution is 2.32. The van der Waals surface area contributed by atoms with Crippen molar-refractivity contribution in [2.75, 3.05) is 24.6 Å². The monoisotopic (exact) mass is 526 g/mol. The normalized spacial score (nSPS) is 20.0. The second kappa shape index (κ2) is 12.9. The molecule has 2 atom stereocenters. The molecule has 2 amide bonds. The third-order valence-electron chi connectivity index (χ3n) is 7.95. The fourth-order valence-corrected chi connectivity index (χ4v) is 5.91. The van der Waals surface area contributed by atoms with Crippen LogP contribution in [0.3, 0.4) is 0 Å². The topological polar surface area (TPSA) is 66.0 Å². The molecule has 1 fully saturated rings. The van der Waals surface area contributed by atoms with Crippen LogP contribution < -0.4 is 9.64 Å². The van der Waals surface area contributed by atoms with Gasteiger partial charge in [0.2, 0.25) is 5.91 Å². The Hall–Kier alpha value is -3.71. The standard InChI is InChI=1S/C32H38N4O3/c1-2-31(37)35-20-17-27-10-8-11-28(36(27)21-25-15-18-33-19-16-25)23-34(22-26-9-6-7-14-30(26)35)32(38)24-39-29-12-4-3-5-13-29/h3-7,9,12-16,18-19,27-28H,2,8,10-11,17,20-24H2,1H3. The van der Waals surface area contributed by atoms with Gasteiger partial charge in [-0.25, -0.2) is 0 Å². The largest absolute Gasteiger partial charge is 0.484 e. The van der Waals surface area contributed by atoms with Crippen LogP contribution in [0.2, 0.25) is 0 Å². The zero-order chi connectivity index (χ0) is 27.0. The molecule has 7 nitrogen and oxygen atoms in total. The number of nitrogens with zero attached hydrogens (tertiary/aromatic N) is 4. The lowest BCUT2D eigenvalue weighted by Crippen LogP contribution is -2.52. The number of hydrogen-bond acceptors (Lipinski definition) is 5. The molecule has 0 aliphatic carbocycles. The Bertz CT molecular complexity index is 1240. The third-order valence-corrected chi connectivity index (χ3v) is 7.95. The first-order chi connectivity index (χ1) is 19.1. The summed E-state index contributed by atoms with van der Waals surface area (Å²) in [6.07, 6.45) is 8.24. The average Bonchev–Trinajstić information content (AvgIpc) is 2.99. The zero-order valence-corrected chi connectivity index (χ0v) is 22.7. The zero-order valence-electron chi connectivity index (χ0n) is 22.7. The van der Waals surface area contributed by atoms with Gasteiger partial charge in [-0.3, -0.25) is 19.5 Å². The molecular weight excluding hydrogens is 488 g/mol. The van der Waals surface area contributed by atoms with E-state index in [0.29, 0.717) is 37.8 Å². The Morgan fingerprint density at radius 2 is 1.64 bits per heavy atom. The molecule has 2 aromatic carbocycles. The van der Waals surface area contributed by atoms with Crippen molar-refractivity contribution in [1.82, 2.24) is 14.8 Å². The van der Waals surface area contributed by atoms with E-state index in [2.05, 4.69) is 22.0 Å². The van der Waals surface area contributed by atoms with E-state index in [9.17, 15) is 9.59 Å². The van der Waals surface area contributed by atoms with Crippen molar-refractivity contribution in [1.29, 1.82) is 0 Å². The number of para-hydroxylation sites is 2. The average molecular weight is 527 g/mol. The summed E-state index contributed by atoms with van der Waals surface area (Å²) in [6, 6.07) is 22.2. The Labute approximate surface area is 231 Å². The number of fused-ring (bicyclic) bond motifs is 3. The van der Waals surface area contributed by atoms with Crippen LogP contribution in [-0.4, -0.2) is 58.4 Å². The van der Waals surface area contributed by atoms with Crippen LogP contribution in [-0.2, 0) is 22.7 Å². The third kappa shape index (κ3) is 6.66. The van der Waals surface area contributed by atoms with E-state index in [0.717, 1.165) is 43.5 Å². The molecule has 2 aliphatic heterocycles. The van der Waals surface area contributed by atoms with E-state index in [1.807, 2.05) is 83.7 Å². The van der Waals surface area contributed by atoms with Crippen LogP contribution in [0.1, 0.15) is 50.2 Å². The molecular formula is C32H38N4O3. The minimum absolute atomic E-state index is 0.0235. The number of amides is 2. The van der Waals surface area contributed by atoms with Gasteiger partial charge < -0.3 is 14.5 Å². The van der Waals surface area contributed by atoms with Gasteiger partial charge in [0.15, 0.2) is 6.61 Å². The summed E-state index contributed by atoms with van der Waals surface area (Å²) in [7, 11) is 0. The lowest BCUT2D eigenvalue weighted by molar-refractivity contribution is -0.135. The van der Waals surface area contributed by atoms with Crippen LogP contribution in [0.4, 0.5) is 5.69 Å². The smallest absolute Gasteiger partial charge is 0.260 e. The molecule has 0 N–H and O–H groups in total. The van der Waals surface area contributed by atoms with Crippen LogP contribution in [0.15, 0.2) is 79.1 Å². The first-order valence-corrected chi connectivity index (χ1v) is 14.1. The molecule has 5 rings (SSSR count). The molecule has 204 valence electrons. The van der Waals surface area contributed by atoms with Gasteiger partial charge in [-0.15, -0.1) is 0 Å². The lowest BCUT2D eigenvalue weighted by atomic mass is 9.92. The van der Waals surface area contributed by atoms with Gasteiger partial charge >= 0.3 is 0 Å². The molecule has 1 saturated heterocycles. The minimum atomic E-state index is -0.0488. The maximum atomic E-state index is 13.7. The highest BCUT2D eigenvalue weighted by atomic mass is 16.5. The maximum absolute atomic E-state index is 13.7. The van der Waals surface area contributed by atoms with Gasteiger partial charge in [0.1, 0.15) is 5.75 Å². The number of rotatable bonds is 6. The van der Waals surface area contributed by atoms with E-state index in [4.69, 9.17) is 4.74 Å². The number of pyridine rings is 1. The number of carbonyl (C=O) groups excluding carboxylic acids is 2. The highest BCUT2D eigenvalue weighted by Gasteiger charge is 2.34. The molecule has 3 heterocycles. The lowest BCUT2D eigenvalue weighted by Gasteiger charge is -2.44. The number of ether oxygens (including phenoxy) is 1. The van der Waals surface area contributed by atoms with Crippen molar-refractivity contribution in [3.05, 3.63) is 90.3 Å². The van der Waals surface area contributed by atoms with E-state index in [1.165, 1.54) is 5.56 Å². The first kappa shape index (κ1) is 26.9. The van der Waals surface area contributed by atoms with Gasteiger partial charge in [-0.2, -0.15) is 0 Å². The van der Waals surface area contributed by atoms with E-state index in [1.54, 1.807) is 0 Å². The Kier molecular flexibility index (Phi) is 8.89. The molecule has 39 heavy (non-hydrogen) atoms. The van der Waals surface area contributed by atoms with Crippen LogP contribution in [0, 0.1) is 0 Å². The summed E-state index contributed by atoms with van der Waals surface area (Å²) < 4.78 is 5.89. The second-order valence-electron chi connectivity index (χ2n) is 10.5. The first-order valence-electron chi connectivity index (χ1n) is 14.1. The quantitative estimate of drug-likeness (QED) is 0.449.